The average Bonchev–Trinajstić information content (AvgIpc) is 2.39. The van der Waals surface area contributed by atoms with Crippen LogP contribution in [0.5, 0.6) is 0 Å². The number of anilines is 1. The number of likely N-dealkylation sites (N-methyl/N-ethyl adjacent to an activating group) is 1. The Kier molecular flexibility index (Phi) is 4.04. The number of nitrogens with zero attached hydrogens (tertiary/aromatic N) is 1. The molecule has 92 valence electrons. The van der Waals surface area contributed by atoms with Crippen LogP contribution in [-0.2, 0) is 0 Å². The second kappa shape index (κ2) is 5.73. The molecule has 0 saturated heterocycles. The van der Waals surface area contributed by atoms with Gasteiger partial charge < -0.3 is 10.9 Å². The molecule has 1 aromatic carbocycles. The monoisotopic (exact) mass is 231 g/mol. The summed E-state index contributed by atoms with van der Waals surface area (Å²) in [4.78, 5) is 2.43. The van der Waals surface area contributed by atoms with Crippen LogP contribution in [0.4, 0.5) is 5.69 Å². The van der Waals surface area contributed by atoms with E-state index in [1.54, 1.807) is 0 Å². The molecule has 0 unspecified atom stereocenters. The summed E-state index contributed by atoms with van der Waals surface area (Å²) in [6.07, 6.45) is 3.35. The molecule has 0 bridgehead atoms. The fraction of sp³-hybridized carbons (Fsp3) is 0.429. The summed E-state index contributed by atoms with van der Waals surface area (Å²) >= 11 is 0. The molecular formula is C14H21N3. The van der Waals surface area contributed by atoms with Crippen molar-refractivity contribution in [1.29, 1.82) is 0 Å². The maximum atomic E-state index is 3.29. The van der Waals surface area contributed by atoms with Gasteiger partial charge in [0.05, 0.1) is 5.69 Å². The van der Waals surface area contributed by atoms with Crippen LogP contribution in [-0.4, -0.2) is 24.5 Å². The van der Waals surface area contributed by atoms with E-state index in [9.17, 15) is 0 Å². The highest BCUT2D eigenvalue weighted by molar-refractivity contribution is 5.44. The zero-order valence-electron chi connectivity index (χ0n) is 10.7. The summed E-state index contributed by atoms with van der Waals surface area (Å²) in [6, 6.07) is 8.39. The van der Waals surface area contributed by atoms with Crippen LogP contribution in [0.15, 0.2) is 36.0 Å². The van der Waals surface area contributed by atoms with E-state index in [-0.39, 0.29) is 0 Å². The van der Waals surface area contributed by atoms with Gasteiger partial charge in [0.25, 0.3) is 0 Å². The van der Waals surface area contributed by atoms with Crippen LogP contribution in [0.2, 0.25) is 0 Å². The van der Waals surface area contributed by atoms with Crippen molar-refractivity contribution in [2.45, 2.75) is 20.3 Å². The number of aryl methyl sites for hydroxylation is 1. The minimum Gasteiger partial charge on any atom is -0.305 e. The van der Waals surface area contributed by atoms with Gasteiger partial charge in [0.1, 0.15) is 0 Å². The zero-order valence-corrected chi connectivity index (χ0v) is 10.7. The van der Waals surface area contributed by atoms with E-state index in [0.717, 1.165) is 31.7 Å². The van der Waals surface area contributed by atoms with Crippen molar-refractivity contribution in [3.63, 3.8) is 0 Å². The van der Waals surface area contributed by atoms with Gasteiger partial charge >= 0.3 is 0 Å². The van der Waals surface area contributed by atoms with E-state index in [1.165, 1.54) is 11.3 Å². The molecule has 1 aliphatic heterocycles. The largest absolute Gasteiger partial charge is 0.305 e. The third-order valence-electron chi connectivity index (χ3n) is 3.16. The molecule has 0 aliphatic carbocycles. The van der Waals surface area contributed by atoms with E-state index >= 15 is 0 Å². The van der Waals surface area contributed by atoms with Gasteiger partial charge in [-0.05, 0) is 31.7 Å². The molecule has 0 spiro atoms. The number of hydrogen-bond acceptors (Lipinski definition) is 3. The van der Waals surface area contributed by atoms with Crippen molar-refractivity contribution < 1.29 is 0 Å². The Morgan fingerprint density at radius 2 is 1.94 bits per heavy atom. The molecular weight excluding hydrogens is 210 g/mol. The van der Waals surface area contributed by atoms with Crippen molar-refractivity contribution in [1.82, 2.24) is 10.3 Å². The molecule has 1 aromatic rings. The van der Waals surface area contributed by atoms with Gasteiger partial charge in [0.2, 0.25) is 0 Å². The van der Waals surface area contributed by atoms with Crippen LogP contribution in [0, 0.1) is 6.92 Å². The molecule has 0 fully saturated rings. The lowest BCUT2D eigenvalue weighted by molar-refractivity contribution is 0.306. The van der Waals surface area contributed by atoms with Crippen LogP contribution in [0.1, 0.15) is 18.9 Å². The van der Waals surface area contributed by atoms with Gasteiger partial charge in [0, 0.05) is 25.2 Å². The Balaban J connectivity index is 1.83. The van der Waals surface area contributed by atoms with E-state index in [1.807, 2.05) is 0 Å². The zero-order chi connectivity index (χ0) is 12.1. The first-order valence-corrected chi connectivity index (χ1v) is 6.28. The number of nitrogens with one attached hydrogen (secondary N) is 2. The normalized spacial score (nSPS) is 16.5. The molecule has 3 heteroatoms. The molecule has 2 rings (SSSR count). The van der Waals surface area contributed by atoms with Crippen molar-refractivity contribution in [3.8, 4) is 0 Å². The highest BCUT2D eigenvalue weighted by atomic mass is 15.4. The van der Waals surface area contributed by atoms with Gasteiger partial charge in [0.15, 0.2) is 0 Å². The molecule has 17 heavy (non-hydrogen) atoms. The minimum atomic E-state index is 1.05. The average molecular weight is 231 g/mol. The van der Waals surface area contributed by atoms with Crippen LogP contribution >= 0.6 is 0 Å². The van der Waals surface area contributed by atoms with E-state index in [0.29, 0.717) is 0 Å². The molecule has 2 N–H and O–H groups in total. The minimum absolute atomic E-state index is 1.05. The van der Waals surface area contributed by atoms with Gasteiger partial charge in [-0.2, -0.15) is 0 Å². The highest BCUT2D eigenvalue weighted by Crippen LogP contribution is 2.10. The quantitative estimate of drug-likeness (QED) is 0.780. The standard InChI is InChI=1S/C14H21N3/c1-3-17-10-8-14(9-11-17)16-15-13-6-4-12(2)5-7-13/h4-8,15-16H,3,9-11H2,1-2H3. The number of benzene rings is 1. The summed E-state index contributed by atoms with van der Waals surface area (Å²) in [7, 11) is 0. The van der Waals surface area contributed by atoms with Gasteiger partial charge in [-0.25, -0.2) is 0 Å². The SMILES string of the molecule is CCN1CC=C(NNc2ccc(C)cc2)CC1. The Morgan fingerprint density at radius 3 is 2.53 bits per heavy atom. The highest BCUT2D eigenvalue weighted by Gasteiger charge is 2.08. The first-order chi connectivity index (χ1) is 8.28. The number of rotatable bonds is 4. The molecule has 0 atom stereocenters. The Bertz CT molecular complexity index is 381. The Labute approximate surface area is 103 Å². The summed E-state index contributed by atoms with van der Waals surface area (Å²) in [5.74, 6) is 0. The van der Waals surface area contributed by atoms with Crippen molar-refractivity contribution >= 4 is 5.69 Å². The van der Waals surface area contributed by atoms with Gasteiger partial charge in [-0.1, -0.05) is 24.6 Å². The van der Waals surface area contributed by atoms with Crippen molar-refractivity contribution in [3.05, 3.63) is 41.6 Å². The third kappa shape index (κ3) is 3.49. The maximum absolute atomic E-state index is 3.29. The molecule has 0 saturated carbocycles. The van der Waals surface area contributed by atoms with Gasteiger partial charge in [-0.15, -0.1) is 0 Å². The maximum Gasteiger partial charge on any atom is 0.0539 e. The second-order valence-electron chi connectivity index (χ2n) is 4.49. The third-order valence-corrected chi connectivity index (χ3v) is 3.16. The second-order valence-corrected chi connectivity index (χ2v) is 4.49. The van der Waals surface area contributed by atoms with Crippen molar-refractivity contribution in [2.75, 3.05) is 25.1 Å². The summed E-state index contributed by atoms with van der Waals surface area (Å²) in [6.45, 7) is 7.63. The van der Waals surface area contributed by atoms with Gasteiger partial charge in [-0.3, -0.25) is 4.90 Å². The Morgan fingerprint density at radius 1 is 1.18 bits per heavy atom. The predicted octanol–water partition coefficient (Wildman–Crippen LogP) is 2.52. The summed E-state index contributed by atoms with van der Waals surface area (Å²) < 4.78 is 0. The fourth-order valence-electron chi connectivity index (χ4n) is 1.90. The van der Waals surface area contributed by atoms with Crippen LogP contribution in [0.3, 0.4) is 0 Å². The van der Waals surface area contributed by atoms with E-state index in [4.69, 9.17) is 0 Å². The summed E-state index contributed by atoms with van der Waals surface area (Å²) in [5.41, 5.74) is 10.2. The number of hydrazine groups is 1. The number of hydrogen-bond donors (Lipinski definition) is 2. The van der Waals surface area contributed by atoms with E-state index in [2.05, 4.69) is 59.9 Å². The first kappa shape index (κ1) is 12.0. The summed E-state index contributed by atoms with van der Waals surface area (Å²) in [5, 5.41) is 0. The lowest BCUT2D eigenvalue weighted by atomic mass is 10.2. The molecule has 0 amide bonds. The molecule has 1 aliphatic rings. The van der Waals surface area contributed by atoms with Crippen LogP contribution < -0.4 is 10.9 Å². The van der Waals surface area contributed by atoms with Crippen LogP contribution in [0.25, 0.3) is 0 Å². The lowest BCUT2D eigenvalue weighted by Gasteiger charge is -2.25. The van der Waals surface area contributed by atoms with E-state index < -0.39 is 0 Å². The smallest absolute Gasteiger partial charge is 0.0539 e. The lowest BCUT2D eigenvalue weighted by Crippen LogP contribution is -2.33. The predicted molar refractivity (Wildman–Crippen MR) is 72.8 cm³/mol. The topological polar surface area (TPSA) is 27.3 Å². The fourth-order valence-corrected chi connectivity index (χ4v) is 1.90. The molecule has 0 radical (unpaired) electrons. The molecule has 1 heterocycles. The van der Waals surface area contributed by atoms with Crippen molar-refractivity contribution in [2.24, 2.45) is 0 Å². The molecule has 3 nitrogen and oxygen atoms in total. The molecule has 0 aromatic heterocycles. The first-order valence-electron chi connectivity index (χ1n) is 6.28. The Hall–Kier alpha value is -1.48.